The van der Waals surface area contributed by atoms with Crippen LogP contribution in [0.1, 0.15) is 67.7 Å². The normalized spacial score (nSPS) is 25.8. The number of rotatable bonds is 8. The van der Waals surface area contributed by atoms with Crippen LogP contribution in [-0.2, 0) is 0 Å². The zero-order valence-electron chi connectivity index (χ0n) is 15.6. The lowest BCUT2D eigenvalue weighted by atomic mass is 9.79. The second-order valence-electron chi connectivity index (χ2n) is 8.11. The summed E-state index contributed by atoms with van der Waals surface area (Å²) < 4.78 is 0. The van der Waals surface area contributed by atoms with Crippen LogP contribution in [-0.4, -0.2) is 24.0 Å². The molecule has 0 N–H and O–H groups in total. The van der Waals surface area contributed by atoms with Crippen molar-refractivity contribution in [2.75, 3.05) is 13.1 Å². The van der Waals surface area contributed by atoms with Gasteiger partial charge in [0.1, 0.15) is 0 Å². The molecule has 0 saturated carbocycles. The first kappa shape index (κ1) is 18.7. The van der Waals surface area contributed by atoms with Gasteiger partial charge in [0.2, 0.25) is 0 Å². The summed E-state index contributed by atoms with van der Waals surface area (Å²) in [6, 6.07) is 0.768. The van der Waals surface area contributed by atoms with Gasteiger partial charge in [0.25, 0.3) is 0 Å². The third-order valence-electron chi connectivity index (χ3n) is 5.48. The van der Waals surface area contributed by atoms with E-state index in [4.69, 9.17) is 0 Å². The highest BCUT2D eigenvalue weighted by Crippen LogP contribution is 2.30. The van der Waals surface area contributed by atoms with Crippen molar-refractivity contribution >= 4 is 0 Å². The molecule has 0 amide bonds. The summed E-state index contributed by atoms with van der Waals surface area (Å²) in [7, 11) is 0. The van der Waals surface area contributed by atoms with Gasteiger partial charge in [0.15, 0.2) is 0 Å². The lowest BCUT2D eigenvalue weighted by Gasteiger charge is -2.39. The van der Waals surface area contributed by atoms with E-state index < -0.39 is 0 Å². The topological polar surface area (TPSA) is 3.24 Å². The van der Waals surface area contributed by atoms with Gasteiger partial charge >= 0.3 is 0 Å². The molecule has 0 heterocycles. The van der Waals surface area contributed by atoms with E-state index in [1.807, 2.05) is 0 Å². The minimum absolute atomic E-state index is 0.754. The molecule has 1 rings (SSSR count). The van der Waals surface area contributed by atoms with Crippen molar-refractivity contribution in [2.24, 2.45) is 29.6 Å². The lowest BCUT2D eigenvalue weighted by Crippen LogP contribution is -2.42. The first-order valence-electron chi connectivity index (χ1n) is 9.25. The van der Waals surface area contributed by atoms with E-state index in [-0.39, 0.29) is 0 Å². The van der Waals surface area contributed by atoms with E-state index in [0.29, 0.717) is 0 Å². The van der Waals surface area contributed by atoms with Gasteiger partial charge in [0.05, 0.1) is 0 Å². The van der Waals surface area contributed by atoms with Gasteiger partial charge in [-0.2, -0.15) is 0 Å². The van der Waals surface area contributed by atoms with Crippen LogP contribution in [0, 0.1) is 29.6 Å². The van der Waals surface area contributed by atoms with Crippen LogP contribution in [0.5, 0.6) is 0 Å². The van der Waals surface area contributed by atoms with Crippen LogP contribution in [0.2, 0.25) is 0 Å². The summed E-state index contributed by atoms with van der Waals surface area (Å²) in [4.78, 5) is 2.77. The molecule has 4 atom stereocenters. The average Bonchev–Trinajstić information content (AvgIpc) is 2.41. The third kappa shape index (κ3) is 6.14. The van der Waals surface area contributed by atoms with Crippen LogP contribution >= 0.6 is 0 Å². The first-order valence-corrected chi connectivity index (χ1v) is 9.25. The molecule has 21 heavy (non-hydrogen) atoms. The van der Waals surface area contributed by atoms with Crippen molar-refractivity contribution in [2.45, 2.75) is 73.8 Å². The minimum atomic E-state index is 0.754. The molecule has 0 saturated heterocycles. The monoisotopic (exact) mass is 293 g/mol. The molecule has 1 heteroatoms. The van der Waals surface area contributed by atoms with Gasteiger partial charge in [-0.1, -0.05) is 60.6 Å². The quantitative estimate of drug-likeness (QED) is 0.525. The summed E-state index contributed by atoms with van der Waals surface area (Å²) in [5, 5.41) is 0. The minimum Gasteiger partial charge on any atom is -0.300 e. The number of nitrogens with zero attached hydrogens (tertiary/aromatic N) is 1. The van der Waals surface area contributed by atoms with Gasteiger partial charge in [-0.3, -0.25) is 0 Å². The van der Waals surface area contributed by atoms with Gasteiger partial charge < -0.3 is 4.90 Å². The van der Waals surface area contributed by atoms with E-state index >= 15 is 0 Å². The second kappa shape index (κ2) is 8.98. The summed E-state index contributed by atoms with van der Waals surface area (Å²) in [6.07, 6.45) is 8.77. The smallest absolute Gasteiger partial charge is 0.0135 e. The maximum Gasteiger partial charge on any atom is 0.0135 e. The highest BCUT2D eigenvalue weighted by Gasteiger charge is 2.27. The fraction of sp³-hybridized carbons (Fsp3) is 0.900. The molecule has 0 bridgehead atoms. The Morgan fingerprint density at radius 3 is 2.29 bits per heavy atom. The van der Waals surface area contributed by atoms with Crippen LogP contribution in [0.25, 0.3) is 0 Å². The lowest BCUT2D eigenvalue weighted by molar-refractivity contribution is 0.111. The Balaban J connectivity index is 2.71. The van der Waals surface area contributed by atoms with E-state index in [2.05, 4.69) is 65.5 Å². The molecule has 0 aliphatic heterocycles. The fourth-order valence-electron chi connectivity index (χ4n) is 3.81. The van der Waals surface area contributed by atoms with E-state index in [1.54, 1.807) is 0 Å². The third-order valence-corrected chi connectivity index (χ3v) is 5.48. The largest absolute Gasteiger partial charge is 0.300 e. The predicted octanol–water partition coefficient (Wildman–Crippen LogP) is 5.62. The van der Waals surface area contributed by atoms with Gasteiger partial charge in [-0.25, -0.2) is 0 Å². The second-order valence-corrected chi connectivity index (χ2v) is 8.11. The first-order chi connectivity index (χ1) is 9.85. The average molecular weight is 294 g/mol. The van der Waals surface area contributed by atoms with Gasteiger partial charge in [-0.15, -0.1) is 0 Å². The molecular weight excluding hydrogens is 254 g/mol. The Morgan fingerprint density at radius 1 is 1.14 bits per heavy atom. The zero-order valence-corrected chi connectivity index (χ0v) is 15.6. The van der Waals surface area contributed by atoms with E-state index in [0.717, 1.165) is 35.6 Å². The molecule has 4 unspecified atom stereocenters. The number of hydrogen-bond acceptors (Lipinski definition) is 1. The Labute approximate surface area is 134 Å². The standard InChI is InChI=1S/C20H39N/c1-8-21(20-11-9-10-17(6)13-20)14-19(12-15(2)3)18(7)16(4)5/h9-10,15-20H,8,11-14H2,1-7H3. The van der Waals surface area contributed by atoms with E-state index in [9.17, 15) is 0 Å². The van der Waals surface area contributed by atoms with Crippen LogP contribution in [0.15, 0.2) is 12.2 Å². The molecule has 1 aliphatic rings. The van der Waals surface area contributed by atoms with Crippen molar-refractivity contribution in [3.63, 3.8) is 0 Å². The molecular formula is C20H39N. The van der Waals surface area contributed by atoms with Gasteiger partial charge in [0, 0.05) is 12.6 Å². The molecule has 1 aliphatic carbocycles. The number of hydrogen-bond donors (Lipinski definition) is 0. The van der Waals surface area contributed by atoms with Crippen molar-refractivity contribution in [3.05, 3.63) is 12.2 Å². The molecule has 1 nitrogen and oxygen atoms in total. The molecule has 0 aromatic rings. The molecule has 0 aromatic heterocycles. The summed E-state index contributed by atoms with van der Waals surface area (Å²) in [6.45, 7) is 19.2. The fourth-order valence-corrected chi connectivity index (χ4v) is 3.81. The van der Waals surface area contributed by atoms with Crippen molar-refractivity contribution in [1.29, 1.82) is 0 Å². The molecule has 0 radical (unpaired) electrons. The maximum atomic E-state index is 2.77. The van der Waals surface area contributed by atoms with E-state index in [1.165, 1.54) is 32.4 Å². The SMILES string of the molecule is CCN(CC(CC(C)C)C(C)C(C)C)C1CC=CC(C)C1. The summed E-state index contributed by atoms with van der Waals surface area (Å²) >= 11 is 0. The summed E-state index contributed by atoms with van der Waals surface area (Å²) in [5.41, 5.74) is 0. The van der Waals surface area contributed by atoms with Gasteiger partial charge in [-0.05, 0) is 55.4 Å². The van der Waals surface area contributed by atoms with Crippen molar-refractivity contribution in [3.8, 4) is 0 Å². The molecule has 0 fully saturated rings. The molecule has 0 aromatic carbocycles. The number of allylic oxidation sites excluding steroid dienone is 1. The van der Waals surface area contributed by atoms with Crippen molar-refractivity contribution < 1.29 is 0 Å². The highest BCUT2D eigenvalue weighted by molar-refractivity contribution is 4.98. The van der Waals surface area contributed by atoms with Crippen LogP contribution < -0.4 is 0 Å². The molecule has 124 valence electrons. The van der Waals surface area contributed by atoms with Crippen LogP contribution in [0.4, 0.5) is 0 Å². The van der Waals surface area contributed by atoms with Crippen LogP contribution in [0.3, 0.4) is 0 Å². The predicted molar refractivity (Wildman–Crippen MR) is 95.5 cm³/mol. The zero-order chi connectivity index (χ0) is 16.0. The Morgan fingerprint density at radius 2 is 1.81 bits per heavy atom. The summed E-state index contributed by atoms with van der Waals surface area (Å²) in [5.74, 6) is 4.01. The maximum absolute atomic E-state index is 2.77. The highest BCUT2D eigenvalue weighted by atomic mass is 15.2. The Kier molecular flexibility index (Phi) is 8.02. The Hall–Kier alpha value is -0.300. The molecule has 0 spiro atoms. The van der Waals surface area contributed by atoms with Crippen molar-refractivity contribution in [1.82, 2.24) is 4.90 Å². The Bertz CT molecular complexity index is 305.